The number of benzene rings is 2. The van der Waals surface area contributed by atoms with E-state index in [0.29, 0.717) is 11.4 Å². The average Bonchev–Trinajstić information content (AvgIpc) is 2.79. The number of para-hydroxylation sites is 2. The van der Waals surface area contributed by atoms with Crippen molar-refractivity contribution >= 4 is 5.69 Å². The Hall–Kier alpha value is -3.33. The van der Waals surface area contributed by atoms with Gasteiger partial charge in [-0.25, -0.2) is 4.68 Å². The maximum atomic E-state index is 12.3. The summed E-state index contributed by atoms with van der Waals surface area (Å²) in [5.41, 5.74) is -0.156. The van der Waals surface area contributed by atoms with Crippen molar-refractivity contribution in [3.05, 3.63) is 76.0 Å². The molecule has 2 aromatic carbocycles. The molecule has 6 heteroatoms. The summed E-state index contributed by atoms with van der Waals surface area (Å²) in [6.45, 7) is 0. The standard InChI is InChI=1S/C15H10N4O2/c16-17-13-14(20)18(11-7-3-1-4-8-11)19(15(13)21)12-9-5-2-6-10-12/h1-10H. The summed E-state index contributed by atoms with van der Waals surface area (Å²) >= 11 is 0. The minimum absolute atomic E-state index is 0.511. The first-order valence-corrected chi connectivity index (χ1v) is 6.25. The Morgan fingerprint density at radius 1 is 0.857 bits per heavy atom. The van der Waals surface area contributed by atoms with Gasteiger partial charge in [-0.2, -0.15) is 0 Å². The van der Waals surface area contributed by atoms with Gasteiger partial charge in [-0.3, -0.25) is 9.48 Å². The molecule has 21 heavy (non-hydrogen) atoms. The molecule has 0 radical (unpaired) electrons. The van der Waals surface area contributed by atoms with Gasteiger partial charge in [0, 0.05) is 0 Å². The van der Waals surface area contributed by atoms with Crippen LogP contribution in [0.2, 0.25) is 0 Å². The minimum Gasteiger partial charge on any atom is -0.853 e. The van der Waals surface area contributed by atoms with E-state index in [-0.39, 0.29) is 0 Å². The van der Waals surface area contributed by atoms with Gasteiger partial charge in [0.2, 0.25) is 5.39 Å². The number of nitrogens with zero attached hydrogens (tertiary/aromatic N) is 4. The molecule has 0 saturated heterocycles. The summed E-state index contributed by atoms with van der Waals surface area (Å²) in [7, 11) is 0. The zero-order valence-corrected chi connectivity index (χ0v) is 10.9. The zero-order valence-electron chi connectivity index (χ0n) is 10.9. The predicted molar refractivity (Wildman–Crippen MR) is 75.6 cm³/mol. The molecule has 0 unspecified atom stereocenters. The molecular weight excluding hydrogens is 268 g/mol. The van der Waals surface area contributed by atoms with E-state index in [9.17, 15) is 9.90 Å². The second-order valence-corrected chi connectivity index (χ2v) is 4.35. The summed E-state index contributed by atoms with van der Waals surface area (Å²) in [5, 5.41) is 21.2. The molecule has 1 heterocycles. The minimum atomic E-state index is -0.669. The van der Waals surface area contributed by atoms with Crippen LogP contribution in [0.15, 0.2) is 65.5 Å². The van der Waals surface area contributed by atoms with E-state index >= 15 is 0 Å². The highest BCUT2D eigenvalue weighted by atomic mass is 16.3. The van der Waals surface area contributed by atoms with Crippen molar-refractivity contribution in [2.45, 2.75) is 0 Å². The zero-order chi connectivity index (χ0) is 14.8. The van der Waals surface area contributed by atoms with Gasteiger partial charge < -0.3 is 5.11 Å². The predicted octanol–water partition coefficient (Wildman–Crippen LogP) is 2.19. The quantitative estimate of drug-likeness (QED) is 0.674. The van der Waals surface area contributed by atoms with Crippen LogP contribution in [-0.4, -0.2) is 9.36 Å². The van der Waals surface area contributed by atoms with E-state index < -0.39 is 17.1 Å². The van der Waals surface area contributed by atoms with E-state index in [1.54, 1.807) is 60.7 Å². The van der Waals surface area contributed by atoms with Gasteiger partial charge in [0.05, 0.1) is 17.3 Å². The van der Waals surface area contributed by atoms with E-state index in [4.69, 9.17) is 5.39 Å². The van der Waals surface area contributed by atoms with Gasteiger partial charge in [0.25, 0.3) is 0 Å². The second kappa shape index (κ2) is 4.98. The van der Waals surface area contributed by atoms with Crippen LogP contribution in [0.4, 0.5) is 5.69 Å². The third kappa shape index (κ3) is 1.97. The lowest BCUT2D eigenvalue weighted by Gasteiger charge is -2.15. The summed E-state index contributed by atoms with van der Waals surface area (Å²) in [4.78, 5) is 15.1. The molecule has 0 N–H and O–H groups in total. The van der Waals surface area contributed by atoms with Crippen molar-refractivity contribution in [2.24, 2.45) is 0 Å². The lowest BCUT2D eigenvalue weighted by Crippen LogP contribution is -2.20. The third-order valence-electron chi connectivity index (χ3n) is 3.09. The molecule has 0 atom stereocenters. The average molecular weight is 278 g/mol. The van der Waals surface area contributed by atoms with Gasteiger partial charge in [0.1, 0.15) is 0 Å². The molecule has 0 fully saturated rings. The molecule has 102 valence electrons. The largest absolute Gasteiger partial charge is 0.853 e. The number of hydrogen-bond acceptors (Lipinski definition) is 3. The number of diazo groups is 1. The van der Waals surface area contributed by atoms with Gasteiger partial charge in [-0.05, 0) is 24.3 Å². The van der Waals surface area contributed by atoms with Crippen LogP contribution in [0, 0.1) is 5.39 Å². The van der Waals surface area contributed by atoms with Gasteiger partial charge >= 0.3 is 11.2 Å². The Balaban J connectivity index is 2.40. The van der Waals surface area contributed by atoms with Crippen molar-refractivity contribution in [1.82, 2.24) is 9.36 Å². The van der Waals surface area contributed by atoms with E-state index in [0.717, 1.165) is 0 Å². The molecule has 0 aliphatic heterocycles. The first kappa shape index (κ1) is 12.7. The van der Waals surface area contributed by atoms with Crippen LogP contribution in [0.5, 0.6) is 5.88 Å². The summed E-state index contributed by atoms with van der Waals surface area (Å²) in [6, 6.07) is 17.4. The molecule has 0 spiro atoms. The summed E-state index contributed by atoms with van der Waals surface area (Å²) in [5.74, 6) is -0.669. The van der Waals surface area contributed by atoms with Gasteiger partial charge in [0.15, 0.2) is 4.98 Å². The van der Waals surface area contributed by atoms with Crippen molar-refractivity contribution in [3.63, 3.8) is 0 Å². The Bertz CT molecular complexity index is 874. The van der Waals surface area contributed by atoms with Crippen LogP contribution in [-0.2, 0) is 0 Å². The SMILES string of the molecule is N#[N+]c1c([O-])n(-c2ccccc2)n(-c2ccccc2)c1=O. The number of aromatic nitrogens is 2. The Morgan fingerprint density at radius 3 is 1.81 bits per heavy atom. The van der Waals surface area contributed by atoms with Crippen LogP contribution in [0.1, 0.15) is 0 Å². The molecule has 3 rings (SSSR count). The first-order valence-electron chi connectivity index (χ1n) is 6.25. The smallest absolute Gasteiger partial charge is 0.461 e. The molecule has 0 saturated carbocycles. The Morgan fingerprint density at radius 2 is 1.33 bits per heavy atom. The molecular formula is C15H10N4O2. The first-order chi connectivity index (χ1) is 10.2. The fraction of sp³-hybridized carbons (Fsp3) is 0. The highest BCUT2D eigenvalue weighted by Gasteiger charge is 2.25. The topological polar surface area (TPSA) is 78.1 Å². The molecule has 3 aromatic rings. The van der Waals surface area contributed by atoms with Crippen LogP contribution in [0.3, 0.4) is 0 Å². The lowest BCUT2D eigenvalue weighted by atomic mass is 10.3. The van der Waals surface area contributed by atoms with Crippen molar-refractivity contribution < 1.29 is 5.11 Å². The third-order valence-corrected chi connectivity index (χ3v) is 3.09. The normalized spacial score (nSPS) is 10.2. The maximum absolute atomic E-state index is 12.3. The number of hydrogen-bond donors (Lipinski definition) is 0. The molecule has 1 aromatic heterocycles. The second-order valence-electron chi connectivity index (χ2n) is 4.35. The Kier molecular flexibility index (Phi) is 3.01. The van der Waals surface area contributed by atoms with Crippen LogP contribution >= 0.6 is 0 Å². The van der Waals surface area contributed by atoms with Crippen molar-refractivity contribution in [1.29, 1.82) is 5.39 Å². The Labute approximate surface area is 119 Å². The molecule has 0 bridgehead atoms. The van der Waals surface area contributed by atoms with Crippen molar-refractivity contribution in [2.75, 3.05) is 0 Å². The summed E-state index contributed by atoms with van der Waals surface area (Å²) in [6.07, 6.45) is 0. The van der Waals surface area contributed by atoms with Gasteiger partial charge in [-0.15, -0.1) is 0 Å². The lowest BCUT2D eigenvalue weighted by molar-refractivity contribution is -0.276. The molecule has 6 nitrogen and oxygen atoms in total. The van der Waals surface area contributed by atoms with Crippen molar-refractivity contribution in [3.8, 4) is 17.3 Å². The molecule has 0 aliphatic rings. The highest BCUT2D eigenvalue weighted by molar-refractivity contribution is 5.56. The fourth-order valence-corrected chi connectivity index (χ4v) is 2.16. The van der Waals surface area contributed by atoms with Crippen LogP contribution in [0.25, 0.3) is 16.4 Å². The highest BCUT2D eigenvalue weighted by Crippen LogP contribution is 2.25. The van der Waals surface area contributed by atoms with E-state index in [2.05, 4.69) is 4.98 Å². The fourth-order valence-electron chi connectivity index (χ4n) is 2.16. The maximum Gasteiger partial charge on any atom is 0.461 e. The van der Waals surface area contributed by atoms with E-state index in [1.807, 2.05) is 0 Å². The monoisotopic (exact) mass is 278 g/mol. The number of rotatable bonds is 2. The molecule has 0 amide bonds. The van der Waals surface area contributed by atoms with E-state index in [1.165, 1.54) is 9.36 Å². The van der Waals surface area contributed by atoms with Crippen LogP contribution < -0.4 is 10.7 Å². The summed E-state index contributed by atoms with van der Waals surface area (Å²) < 4.78 is 2.37. The molecule has 0 aliphatic carbocycles. The van der Waals surface area contributed by atoms with Gasteiger partial charge in [-0.1, -0.05) is 36.4 Å².